The van der Waals surface area contributed by atoms with Crippen LogP contribution in [0.2, 0.25) is 0 Å². The summed E-state index contributed by atoms with van der Waals surface area (Å²) in [5.41, 5.74) is 7.69. The van der Waals surface area contributed by atoms with Crippen LogP contribution in [0.4, 0.5) is 0 Å². The molecule has 1 aromatic rings. The van der Waals surface area contributed by atoms with Crippen molar-refractivity contribution in [2.24, 2.45) is 17.6 Å². The summed E-state index contributed by atoms with van der Waals surface area (Å²) in [5, 5.41) is 3.45. The van der Waals surface area contributed by atoms with Gasteiger partial charge >= 0.3 is 0 Å². The van der Waals surface area contributed by atoms with Crippen LogP contribution in [0.3, 0.4) is 0 Å². The zero-order chi connectivity index (χ0) is 11.4. The Hall–Kier alpha value is -0.860. The molecular weight excluding hydrogens is 196 g/mol. The SMILES string of the molecule is CC1CCNCC1C(N)Cc1ccccc1. The molecule has 1 heterocycles. The van der Waals surface area contributed by atoms with Gasteiger partial charge in [0.25, 0.3) is 0 Å². The third-order valence-corrected chi connectivity index (χ3v) is 3.75. The van der Waals surface area contributed by atoms with Crippen LogP contribution in [0.25, 0.3) is 0 Å². The average Bonchev–Trinajstić information content (AvgIpc) is 2.31. The molecule has 88 valence electrons. The zero-order valence-corrected chi connectivity index (χ0v) is 10.0. The molecule has 2 nitrogen and oxygen atoms in total. The van der Waals surface area contributed by atoms with Crippen LogP contribution in [-0.2, 0) is 6.42 Å². The zero-order valence-electron chi connectivity index (χ0n) is 10.0. The molecule has 1 aliphatic heterocycles. The Balaban J connectivity index is 1.94. The number of nitrogens with two attached hydrogens (primary N) is 1. The summed E-state index contributed by atoms with van der Waals surface area (Å²) in [6.07, 6.45) is 2.25. The Labute approximate surface area is 98.2 Å². The van der Waals surface area contributed by atoms with Gasteiger partial charge in [0.2, 0.25) is 0 Å². The van der Waals surface area contributed by atoms with Gasteiger partial charge in [0, 0.05) is 6.04 Å². The van der Waals surface area contributed by atoms with Crippen LogP contribution in [0.15, 0.2) is 30.3 Å². The van der Waals surface area contributed by atoms with Gasteiger partial charge in [-0.25, -0.2) is 0 Å². The van der Waals surface area contributed by atoms with Gasteiger partial charge in [-0.15, -0.1) is 0 Å². The summed E-state index contributed by atoms with van der Waals surface area (Å²) in [6.45, 7) is 4.56. The molecule has 16 heavy (non-hydrogen) atoms. The predicted molar refractivity (Wildman–Crippen MR) is 68.3 cm³/mol. The Morgan fingerprint density at radius 2 is 2.12 bits per heavy atom. The number of benzene rings is 1. The lowest BCUT2D eigenvalue weighted by Gasteiger charge is -2.34. The maximum Gasteiger partial charge on any atom is 0.0122 e. The third-order valence-electron chi connectivity index (χ3n) is 3.75. The number of hydrogen-bond acceptors (Lipinski definition) is 2. The lowest BCUT2D eigenvalue weighted by molar-refractivity contribution is 0.233. The summed E-state index contributed by atoms with van der Waals surface area (Å²) >= 11 is 0. The van der Waals surface area contributed by atoms with E-state index in [1.165, 1.54) is 12.0 Å². The second-order valence-corrected chi connectivity index (χ2v) is 4.99. The van der Waals surface area contributed by atoms with Gasteiger partial charge in [-0.3, -0.25) is 0 Å². The highest BCUT2D eigenvalue weighted by atomic mass is 14.9. The Kier molecular flexibility index (Phi) is 3.97. The maximum absolute atomic E-state index is 6.33. The highest BCUT2D eigenvalue weighted by molar-refractivity contribution is 5.16. The van der Waals surface area contributed by atoms with Crippen molar-refractivity contribution >= 4 is 0 Å². The number of rotatable bonds is 3. The molecule has 1 aromatic carbocycles. The Bertz CT molecular complexity index is 310. The highest BCUT2D eigenvalue weighted by Gasteiger charge is 2.26. The topological polar surface area (TPSA) is 38.0 Å². The Morgan fingerprint density at radius 1 is 1.38 bits per heavy atom. The van der Waals surface area contributed by atoms with Crippen molar-refractivity contribution in [1.29, 1.82) is 0 Å². The fourth-order valence-electron chi connectivity index (χ4n) is 2.62. The third kappa shape index (κ3) is 2.83. The summed E-state index contributed by atoms with van der Waals surface area (Å²) in [5.74, 6) is 1.37. The minimum absolute atomic E-state index is 0.283. The van der Waals surface area contributed by atoms with Crippen LogP contribution < -0.4 is 11.1 Å². The molecule has 0 saturated carbocycles. The van der Waals surface area contributed by atoms with Crippen molar-refractivity contribution in [3.8, 4) is 0 Å². The van der Waals surface area contributed by atoms with E-state index in [-0.39, 0.29) is 6.04 Å². The second kappa shape index (κ2) is 5.46. The normalized spacial score (nSPS) is 27.6. The van der Waals surface area contributed by atoms with E-state index in [4.69, 9.17) is 5.73 Å². The van der Waals surface area contributed by atoms with E-state index in [9.17, 15) is 0 Å². The van der Waals surface area contributed by atoms with Crippen LogP contribution in [0, 0.1) is 11.8 Å². The van der Waals surface area contributed by atoms with Crippen LogP contribution in [0.5, 0.6) is 0 Å². The van der Waals surface area contributed by atoms with Crippen molar-refractivity contribution < 1.29 is 0 Å². The molecule has 2 rings (SSSR count). The number of piperidine rings is 1. The van der Waals surface area contributed by atoms with Gasteiger partial charge in [-0.1, -0.05) is 37.3 Å². The number of nitrogens with one attached hydrogen (secondary N) is 1. The quantitative estimate of drug-likeness (QED) is 0.812. The second-order valence-electron chi connectivity index (χ2n) is 4.99. The van der Waals surface area contributed by atoms with Gasteiger partial charge in [-0.05, 0) is 43.3 Å². The van der Waals surface area contributed by atoms with Gasteiger partial charge in [0.1, 0.15) is 0 Å². The molecule has 3 N–H and O–H groups in total. The van der Waals surface area contributed by atoms with Crippen molar-refractivity contribution in [1.82, 2.24) is 5.32 Å². The molecule has 3 atom stereocenters. The summed E-state index contributed by atoms with van der Waals surface area (Å²) < 4.78 is 0. The fraction of sp³-hybridized carbons (Fsp3) is 0.571. The Morgan fingerprint density at radius 3 is 2.81 bits per heavy atom. The standard InChI is InChI=1S/C14H22N2/c1-11-7-8-16-10-13(11)14(15)9-12-5-3-2-4-6-12/h2-6,11,13-14,16H,7-10,15H2,1H3. The smallest absolute Gasteiger partial charge is 0.0122 e. The molecule has 0 amide bonds. The predicted octanol–water partition coefficient (Wildman–Crippen LogP) is 1.80. The highest BCUT2D eigenvalue weighted by Crippen LogP contribution is 2.22. The molecule has 0 spiro atoms. The maximum atomic E-state index is 6.33. The molecule has 1 fully saturated rings. The van der Waals surface area contributed by atoms with E-state index >= 15 is 0 Å². The van der Waals surface area contributed by atoms with Crippen molar-refractivity contribution in [3.05, 3.63) is 35.9 Å². The van der Waals surface area contributed by atoms with Gasteiger partial charge in [0.05, 0.1) is 0 Å². The van der Waals surface area contributed by atoms with Crippen molar-refractivity contribution in [2.45, 2.75) is 25.8 Å². The largest absolute Gasteiger partial charge is 0.327 e. The van der Waals surface area contributed by atoms with Gasteiger partial charge in [-0.2, -0.15) is 0 Å². The lowest BCUT2D eigenvalue weighted by Crippen LogP contribution is -2.46. The van der Waals surface area contributed by atoms with E-state index in [1.54, 1.807) is 0 Å². The first kappa shape index (κ1) is 11.6. The van der Waals surface area contributed by atoms with E-state index in [2.05, 4.69) is 42.6 Å². The first-order valence-corrected chi connectivity index (χ1v) is 6.27. The van der Waals surface area contributed by atoms with Crippen molar-refractivity contribution in [3.63, 3.8) is 0 Å². The van der Waals surface area contributed by atoms with E-state index in [0.29, 0.717) is 5.92 Å². The van der Waals surface area contributed by atoms with Crippen LogP contribution in [-0.4, -0.2) is 19.1 Å². The molecule has 0 radical (unpaired) electrons. The monoisotopic (exact) mass is 218 g/mol. The molecular formula is C14H22N2. The molecule has 3 unspecified atom stereocenters. The van der Waals surface area contributed by atoms with Gasteiger partial charge < -0.3 is 11.1 Å². The fourth-order valence-corrected chi connectivity index (χ4v) is 2.62. The first-order valence-electron chi connectivity index (χ1n) is 6.27. The van der Waals surface area contributed by atoms with E-state index in [1.807, 2.05) is 0 Å². The van der Waals surface area contributed by atoms with E-state index < -0.39 is 0 Å². The molecule has 0 bridgehead atoms. The van der Waals surface area contributed by atoms with Crippen molar-refractivity contribution in [2.75, 3.05) is 13.1 Å². The minimum atomic E-state index is 0.283. The first-order chi connectivity index (χ1) is 7.77. The molecule has 1 aliphatic rings. The van der Waals surface area contributed by atoms with E-state index in [0.717, 1.165) is 25.4 Å². The van der Waals surface area contributed by atoms with Crippen LogP contribution in [0.1, 0.15) is 18.9 Å². The molecule has 2 heteroatoms. The lowest BCUT2D eigenvalue weighted by atomic mass is 9.81. The molecule has 0 aromatic heterocycles. The van der Waals surface area contributed by atoms with Gasteiger partial charge in [0.15, 0.2) is 0 Å². The summed E-state index contributed by atoms with van der Waals surface area (Å²) in [6, 6.07) is 10.8. The molecule has 0 aliphatic carbocycles. The summed E-state index contributed by atoms with van der Waals surface area (Å²) in [4.78, 5) is 0. The molecule has 1 saturated heterocycles. The minimum Gasteiger partial charge on any atom is -0.327 e. The number of hydrogen-bond donors (Lipinski definition) is 2. The average molecular weight is 218 g/mol. The van der Waals surface area contributed by atoms with Crippen LogP contribution >= 0.6 is 0 Å². The summed E-state index contributed by atoms with van der Waals surface area (Å²) in [7, 11) is 0.